The van der Waals surface area contributed by atoms with Crippen molar-refractivity contribution in [2.45, 2.75) is 13.0 Å². The molecule has 0 saturated heterocycles. The predicted molar refractivity (Wildman–Crippen MR) is 56.8 cm³/mol. The monoisotopic (exact) mass is 242 g/mol. The van der Waals surface area contributed by atoms with Gasteiger partial charge in [-0.3, -0.25) is 14.9 Å². The van der Waals surface area contributed by atoms with E-state index >= 15 is 0 Å². The van der Waals surface area contributed by atoms with Gasteiger partial charge in [-0.25, -0.2) is 0 Å². The van der Waals surface area contributed by atoms with Crippen LogP contribution in [-0.2, 0) is 4.79 Å². The van der Waals surface area contributed by atoms with Crippen molar-refractivity contribution >= 4 is 28.9 Å². The maximum Gasteiger partial charge on any atom is 0.314 e. The first-order chi connectivity index (χ1) is 7.49. The normalized spacial score (nSPS) is 18.4. The highest BCUT2D eigenvalue weighted by atomic mass is 35.5. The average molecular weight is 243 g/mol. The second-order valence-corrected chi connectivity index (χ2v) is 3.74. The number of hydrogen-bond donors (Lipinski definition) is 1. The molecule has 0 radical (unpaired) electrons. The Labute approximate surface area is 95.3 Å². The molecule has 2 rings (SSSR count). The molecule has 1 N–H and O–H groups in total. The van der Waals surface area contributed by atoms with E-state index in [9.17, 15) is 14.9 Å². The van der Waals surface area contributed by atoms with Crippen LogP contribution in [0.5, 0.6) is 5.75 Å². The summed E-state index contributed by atoms with van der Waals surface area (Å²) >= 11 is 5.70. The summed E-state index contributed by atoms with van der Waals surface area (Å²) in [6, 6.07) is 2.60. The van der Waals surface area contributed by atoms with E-state index in [4.69, 9.17) is 16.3 Å². The quantitative estimate of drug-likeness (QED) is 0.603. The molecule has 16 heavy (non-hydrogen) atoms. The number of carbonyl (C=O) groups excluding carboxylic acids is 1. The molecule has 0 saturated carbocycles. The number of nitro groups is 1. The third kappa shape index (κ3) is 1.67. The van der Waals surface area contributed by atoms with Gasteiger partial charge in [0.15, 0.2) is 6.10 Å². The van der Waals surface area contributed by atoms with Crippen LogP contribution in [0.15, 0.2) is 12.1 Å². The number of halogens is 1. The highest BCUT2D eigenvalue weighted by Gasteiger charge is 2.30. The van der Waals surface area contributed by atoms with E-state index in [0.717, 1.165) is 0 Å². The number of amides is 1. The lowest BCUT2D eigenvalue weighted by molar-refractivity contribution is -0.385. The van der Waals surface area contributed by atoms with E-state index in [1.54, 1.807) is 0 Å². The molecule has 1 aliphatic heterocycles. The van der Waals surface area contributed by atoms with Crippen molar-refractivity contribution in [1.29, 1.82) is 0 Å². The molecule has 1 aromatic rings. The van der Waals surface area contributed by atoms with Crippen molar-refractivity contribution in [3.05, 3.63) is 27.3 Å². The Kier molecular flexibility index (Phi) is 2.43. The molecule has 0 fully saturated rings. The number of hydrogen-bond acceptors (Lipinski definition) is 4. The van der Waals surface area contributed by atoms with Crippen LogP contribution in [0, 0.1) is 10.1 Å². The van der Waals surface area contributed by atoms with E-state index in [1.807, 2.05) is 0 Å². The highest BCUT2D eigenvalue weighted by Crippen LogP contribution is 2.40. The van der Waals surface area contributed by atoms with E-state index in [2.05, 4.69) is 5.32 Å². The van der Waals surface area contributed by atoms with Crippen molar-refractivity contribution in [1.82, 2.24) is 0 Å². The summed E-state index contributed by atoms with van der Waals surface area (Å²) < 4.78 is 5.18. The van der Waals surface area contributed by atoms with Crippen LogP contribution in [0.1, 0.15) is 6.92 Å². The van der Waals surface area contributed by atoms with Crippen LogP contribution in [-0.4, -0.2) is 16.9 Å². The number of ether oxygens (including phenoxy) is 1. The zero-order valence-corrected chi connectivity index (χ0v) is 8.95. The van der Waals surface area contributed by atoms with Gasteiger partial charge in [0.25, 0.3) is 5.91 Å². The number of anilines is 1. The Morgan fingerprint density at radius 3 is 2.88 bits per heavy atom. The Hall–Kier alpha value is -1.82. The van der Waals surface area contributed by atoms with Gasteiger partial charge in [-0.05, 0) is 13.0 Å². The summed E-state index contributed by atoms with van der Waals surface area (Å²) in [7, 11) is 0. The number of nitrogens with one attached hydrogen (secondary N) is 1. The fourth-order valence-electron chi connectivity index (χ4n) is 1.40. The standard InChI is InChI=1S/C9H7ClN2O4/c1-4-9(13)11-6-2-5(10)3-7(12(14)15)8(6)16-4/h2-4H,1H3,(H,11,13)/t4-/m0/s1. The predicted octanol–water partition coefficient (Wildman–Crippen LogP) is 1.97. The van der Waals surface area contributed by atoms with Crippen LogP contribution in [0.2, 0.25) is 5.02 Å². The summed E-state index contributed by atoms with van der Waals surface area (Å²) in [5.41, 5.74) is -0.0309. The van der Waals surface area contributed by atoms with Crippen molar-refractivity contribution in [2.75, 3.05) is 5.32 Å². The van der Waals surface area contributed by atoms with Crippen LogP contribution in [0.4, 0.5) is 11.4 Å². The maximum atomic E-state index is 11.3. The topological polar surface area (TPSA) is 81.5 Å². The maximum absolute atomic E-state index is 11.3. The molecule has 6 nitrogen and oxygen atoms in total. The van der Waals surface area contributed by atoms with Gasteiger partial charge in [0.05, 0.1) is 10.6 Å². The molecular formula is C9H7ClN2O4. The molecule has 0 aromatic heterocycles. The lowest BCUT2D eigenvalue weighted by Gasteiger charge is -2.22. The number of nitrogens with zero attached hydrogens (tertiary/aromatic N) is 1. The smallest absolute Gasteiger partial charge is 0.314 e. The number of benzene rings is 1. The van der Waals surface area contributed by atoms with Crippen molar-refractivity contribution in [3.63, 3.8) is 0 Å². The van der Waals surface area contributed by atoms with Crippen LogP contribution < -0.4 is 10.1 Å². The number of nitro benzene ring substituents is 1. The summed E-state index contributed by atoms with van der Waals surface area (Å²) in [5.74, 6) is -0.314. The molecule has 0 unspecified atom stereocenters. The summed E-state index contributed by atoms with van der Waals surface area (Å²) in [6.45, 7) is 1.51. The van der Waals surface area contributed by atoms with Gasteiger partial charge in [-0.15, -0.1) is 0 Å². The van der Waals surface area contributed by atoms with E-state index < -0.39 is 11.0 Å². The minimum absolute atomic E-state index is 0.0431. The van der Waals surface area contributed by atoms with Gasteiger partial charge in [0.1, 0.15) is 0 Å². The van der Waals surface area contributed by atoms with Crippen LogP contribution >= 0.6 is 11.6 Å². The molecule has 0 spiro atoms. The van der Waals surface area contributed by atoms with Crippen LogP contribution in [0.25, 0.3) is 0 Å². The summed E-state index contributed by atoms with van der Waals surface area (Å²) in [4.78, 5) is 21.5. The molecule has 7 heteroatoms. The summed E-state index contributed by atoms with van der Waals surface area (Å²) in [6.07, 6.45) is -0.757. The molecule has 1 aliphatic rings. The minimum Gasteiger partial charge on any atom is -0.472 e. The van der Waals surface area contributed by atoms with Gasteiger partial charge < -0.3 is 10.1 Å². The lowest BCUT2D eigenvalue weighted by Crippen LogP contribution is -2.34. The second-order valence-electron chi connectivity index (χ2n) is 3.31. The second kappa shape index (κ2) is 3.64. The van der Waals surface area contributed by atoms with Crippen molar-refractivity contribution in [2.24, 2.45) is 0 Å². The third-order valence-electron chi connectivity index (χ3n) is 2.15. The number of rotatable bonds is 1. The molecule has 0 aliphatic carbocycles. The molecular weight excluding hydrogens is 236 g/mol. The molecule has 0 bridgehead atoms. The Morgan fingerprint density at radius 2 is 2.25 bits per heavy atom. The van der Waals surface area contributed by atoms with Gasteiger partial charge in [0.2, 0.25) is 5.75 Å². The van der Waals surface area contributed by atoms with Crippen molar-refractivity contribution < 1.29 is 14.5 Å². The van der Waals surface area contributed by atoms with E-state index in [1.165, 1.54) is 19.1 Å². The van der Waals surface area contributed by atoms with Gasteiger partial charge >= 0.3 is 5.69 Å². The first-order valence-corrected chi connectivity index (χ1v) is 4.82. The van der Waals surface area contributed by atoms with Crippen LogP contribution in [0.3, 0.4) is 0 Å². The van der Waals surface area contributed by atoms with Gasteiger partial charge in [0, 0.05) is 11.1 Å². The molecule has 1 amide bonds. The largest absolute Gasteiger partial charge is 0.472 e. The Morgan fingerprint density at radius 1 is 1.56 bits per heavy atom. The zero-order chi connectivity index (χ0) is 11.9. The van der Waals surface area contributed by atoms with Gasteiger partial charge in [-0.1, -0.05) is 11.6 Å². The Balaban J connectivity index is 2.59. The molecule has 1 atom stereocenters. The molecule has 1 heterocycles. The van der Waals surface area contributed by atoms with E-state index in [-0.39, 0.29) is 28.1 Å². The fourth-order valence-corrected chi connectivity index (χ4v) is 1.61. The Bertz CT molecular complexity index is 489. The molecule has 1 aromatic carbocycles. The SMILES string of the molecule is C[C@@H]1Oc2c(cc(Cl)cc2[N+](=O)[O-])NC1=O. The molecule has 84 valence electrons. The minimum atomic E-state index is -0.757. The van der Waals surface area contributed by atoms with E-state index in [0.29, 0.717) is 0 Å². The number of fused-ring (bicyclic) bond motifs is 1. The van der Waals surface area contributed by atoms with Gasteiger partial charge in [-0.2, -0.15) is 0 Å². The number of carbonyl (C=O) groups is 1. The summed E-state index contributed by atoms with van der Waals surface area (Å²) in [5, 5.41) is 13.4. The van der Waals surface area contributed by atoms with Crippen molar-refractivity contribution in [3.8, 4) is 5.75 Å². The first-order valence-electron chi connectivity index (χ1n) is 4.44. The third-order valence-corrected chi connectivity index (χ3v) is 2.37. The average Bonchev–Trinajstić information content (AvgIpc) is 2.19. The zero-order valence-electron chi connectivity index (χ0n) is 8.19. The lowest BCUT2D eigenvalue weighted by atomic mass is 10.2. The first kappa shape index (κ1) is 10.7. The fraction of sp³-hybridized carbons (Fsp3) is 0.222. The highest BCUT2D eigenvalue weighted by molar-refractivity contribution is 6.31.